The van der Waals surface area contributed by atoms with Gasteiger partial charge in [-0.3, -0.25) is 14.4 Å². The Kier molecular flexibility index (Phi) is 6.11. The molecule has 2 amide bonds. The third-order valence-electron chi connectivity index (χ3n) is 7.56. The summed E-state index contributed by atoms with van der Waals surface area (Å²) in [6.07, 6.45) is 2.25. The number of hydrogen-bond acceptors (Lipinski definition) is 6. The summed E-state index contributed by atoms with van der Waals surface area (Å²) in [5.74, 6) is -2.66. The van der Waals surface area contributed by atoms with Crippen LogP contribution in [0, 0.1) is 11.8 Å². The Balaban J connectivity index is 1.56. The first kappa shape index (κ1) is 23.5. The van der Waals surface area contributed by atoms with Crippen molar-refractivity contribution >= 4 is 34.2 Å². The Morgan fingerprint density at radius 3 is 2.77 bits per heavy atom. The number of hydrogen-bond donors (Lipinski definition) is 1. The Morgan fingerprint density at radius 2 is 2.06 bits per heavy atom. The number of carbonyl (C=O) groups is 3. The number of aliphatic hydroxyl groups is 1. The fourth-order valence-electron chi connectivity index (χ4n) is 6.23. The maximum absolute atomic E-state index is 14.2. The van der Waals surface area contributed by atoms with Crippen LogP contribution in [0.15, 0.2) is 55.1 Å². The lowest BCUT2D eigenvalue weighted by atomic mass is 9.70. The van der Waals surface area contributed by atoms with E-state index in [-0.39, 0.29) is 38.1 Å². The fourth-order valence-corrected chi connectivity index (χ4v) is 6.23. The number of benzene rings is 2. The minimum Gasteiger partial charge on any atom is -0.466 e. The number of carbonyl (C=O) groups excluding carboxylic acids is 3. The molecule has 3 aliphatic rings. The summed E-state index contributed by atoms with van der Waals surface area (Å²) >= 11 is 0. The summed E-state index contributed by atoms with van der Waals surface area (Å²) in [5, 5.41) is 11.8. The molecule has 35 heavy (non-hydrogen) atoms. The van der Waals surface area contributed by atoms with Gasteiger partial charge in [0.1, 0.15) is 11.6 Å². The summed E-state index contributed by atoms with van der Waals surface area (Å²) in [7, 11) is 0. The summed E-state index contributed by atoms with van der Waals surface area (Å²) in [5.41, 5.74) is -0.443. The first-order valence-corrected chi connectivity index (χ1v) is 12.1. The topological polar surface area (TPSA) is 96.4 Å². The summed E-state index contributed by atoms with van der Waals surface area (Å²) in [6.45, 7) is 5.67. The van der Waals surface area contributed by atoms with Gasteiger partial charge >= 0.3 is 5.97 Å². The highest BCUT2D eigenvalue weighted by Gasteiger charge is 2.75. The minimum atomic E-state index is -1.12. The van der Waals surface area contributed by atoms with Crippen molar-refractivity contribution in [1.82, 2.24) is 4.90 Å². The van der Waals surface area contributed by atoms with Crippen LogP contribution in [0.5, 0.6) is 0 Å². The number of rotatable bonds is 8. The lowest BCUT2D eigenvalue weighted by Gasteiger charge is -2.36. The van der Waals surface area contributed by atoms with Crippen molar-refractivity contribution in [2.24, 2.45) is 11.8 Å². The predicted molar refractivity (Wildman–Crippen MR) is 130 cm³/mol. The largest absolute Gasteiger partial charge is 0.466 e. The van der Waals surface area contributed by atoms with Gasteiger partial charge in [0.15, 0.2) is 0 Å². The lowest BCUT2D eigenvalue weighted by molar-refractivity contribution is -0.154. The quantitative estimate of drug-likeness (QED) is 0.462. The molecule has 5 atom stereocenters. The van der Waals surface area contributed by atoms with Gasteiger partial charge in [0.05, 0.1) is 31.2 Å². The number of likely N-dealkylation sites (tertiary alicyclic amines) is 1. The average Bonchev–Trinajstić information content (AvgIpc) is 3.50. The number of fused-ring (bicyclic) bond motifs is 2. The van der Waals surface area contributed by atoms with Gasteiger partial charge < -0.3 is 24.4 Å². The van der Waals surface area contributed by atoms with E-state index in [1.165, 1.54) is 4.90 Å². The van der Waals surface area contributed by atoms with Crippen molar-refractivity contribution in [1.29, 1.82) is 0 Å². The van der Waals surface area contributed by atoms with Crippen LogP contribution in [-0.2, 0) is 23.9 Å². The van der Waals surface area contributed by atoms with Crippen molar-refractivity contribution < 1.29 is 29.0 Å². The fraction of sp³-hybridized carbons (Fsp3) is 0.444. The molecule has 1 spiro atoms. The van der Waals surface area contributed by atoms with Crippen molar-refractivity contribution in [3.63, 3.8) is 0 Å². The monoisotopic (exact) mass is 478 g/mol. The number of ether oxygens (including phenoxy) is 2. The van der Waals surface area contributed by atoms with Crippen LogP contribution in [0.3, 0.4) is 0 Å². The van der Waals surface area contributed by atoms with Gasteiger partial charge in [-0.25, -0.2) is 0 Å². The average molecular weight is 479 g/mol. The molecule has 8 nitrogen and oxygen atoms in total. The minimum absolute atomic E-state index is 0.0172. The zero-order valence-electron chi connectivity index (χ0n) is 19.8. The van der Waals surface area contributed by atoms with E-state index in [0.717, 1.165) is 10.8 Å². The first-order valence-electron chi connectivity index (χ1n) is 12.1. The van der Waals surface area contributed by atoms with Gasteiger partial charge in [-0.1, -0.05) is 36.4 Å². The third-order valence-corrected chi connectivity index (χ3v) is 7.56. The van der Waals surface area contributed by atoms with E-state index in [9.17, 15) is 19.5 Å². The molecule has 2 unspecified atom stereocenters. The van der Waals surface area contributed by atoms with Gasteiger partial charge in [-0.05, 0) is 42.7 Å². The summed E-state index contributed by atoms with van der Waals surface area (Å²) < 4.78 is 11.6. The SMILES string of the molecule is C=CCN(C(=O)C1N(CCO)C(=O)[C@@H]2[C@@H](C(=O)OCC)[C@H]3CCC12O3)c1ccc2ccccc2c1. The molecule has 8 heteroatoms. The number of β-amino-alcohol motifs (C(OH)–C–C–N with tert-alkyl or cyclic N) is 1. The van der Waals surface area contributed by atoms with Crippen LogP contribution in [-0.4, -0.2) is 71.8 Å². The highest BCUT2D eigenvalue weighted by Crippen LogP contribution is 2.58. The first-order chi connectivity index (χ1) is 17.0. The summed E-state index contributed by atoms with van der Waals surface area (Å²) in [6, 6.07) is 12.7. The van der Waals surface area contributed by atoms with Crippen LogP contribution in [0.4, 0.5) is 5.69 Å². The molecule has 1 N–H and O–H groups in total. The molecule has 3 saturated heterocycles. The molecule has 3 aliphatic heterocycles. The zero-order chi connectivity index (χ0) is 24.7. The van der Waals surface area contributed by atoms with Gasteiger partial charge in [0, 0.05) is 18.8 Å². The molecule has 0 aromatic heterocycles. The second-order valence-corrected chi connectivity index (χ2v) is 9.33. The highest BCUT2D eigenvalue weighted by atomic mass is 16.6. The van der Waals surface area contributed by atoms with Crippen LogP contribution >= 0.6 is 0 Å². The third kappa shape index (κ3) is 3.54. The van der Waals surface area contributed by atoms with E-state index in [1.54, 1.807) is 17.9 Å². The molecule has 0 saturated carbocycles. The Labute approximate surface area is 204 Å². The molecule has 3 fully saturated rings. The second kappa shape index (κ2) is 9.09. The van der Waals surface area contributed by atoms with Crippen molar-refractivity contribution in [3.8, 4) is 0 Å². The smallest absolute Gasteiger partial charge is 0.312 e. The molecule has 2 aromatic carbocycles. The number of anilines is 1. The van der Waals surface area contributed by atoms with Crippen molar-refractivity contribution in [2.75, 3.05) is 31.2 Å². The second-order valence-electron chi connectivity index (χ2n) is 9.33. The maximum atomic E-state index is 14.2. The van der Waals surface area contributed by atoms with Crippen LogP contribution in [0.1, 0.15) is 19.8 Å². The van der Waals surface area contributed by atoms with Crippen LogP contribution in [0.25, 0.3) is 10.8 Å². The van der Waals surface area contributed by atoms with E-state index < -0.39 is 35.6 Å². The van der Waals surface area contributed by atoms with Crippen LogP contribution in [0.2, 0.25) is 0 Å². The van der Waals surface area contributed by atoms with E-state index in [2.05, 4.69) is 6.58 Å². The van der Waals surface area contributed by atoms with Crippen LogP contribution < -0.4 is 4.90 Å². The number of nitrogens with zero attached hydrogens (tertiary/aromatic N) is 2. The maximum Gasteiger partial charge on any atom is 0.312 e. The zero-order valence-corrected chi connectivity index (χ0v) is 19.8. The molecular formula is C27H30N2O6. The van der Waals surface area contributed by atoms with E-state index >= 15 is 0 Å². The predicted octanol–water partition coefficient (Wildman–Crippen LogP) is 2.29. The lowest BCUT2D eigenvalue weighted by Crippen LogP contribution is -2.56. The Hall–Kier alpha value is -3.23. The normalized spacial score (nSPS) is 28.9. The van der Waals surface area contributed by atoms with Gasteiger partial charge in [-0.15, -0.1) is 6.58 Å². The summed E-state index contributed by atoms with van der Waals surface area (Å²) in [4.78, 5) is 43.7. The Morgan fingerprint density at radius 1 is 1.29 bits per heavy atom. The Bertz CT molecular complexity index is 1180. The van der Waals surface area contributed by atoms with Gasteiger partial charge in [0.25, 0.3) is 5.91 Å². The molecule has 0 radical (unpaired) electrons. The number of aliphatic hydroxyl groups excluding tert-OH is 1. The number of amides is 2. The van der Waals surface area contributed by atoms with E-state index in [0.29, 0.717) is 18.5 Å². The molecule has 2 bridgehead atoms. The van der Waals surface area contributed by atoms with E-state index in [1.807, 2.05) is 42.5 Å². The molecule has 5 rings (SSSR count). The highest BCUT2D eigenvalue weighted by molar-refractivity contribution is 6.05. The molecule has 2 aromatic rings. The van der Waals surface area contributed by atoms with Crippen molar-refractivity contribution in [3.05, 3.63) is 55.1 Å². The molecule has 0 aliphatic carbocycles. The van der Waals surface area contributed by atoms with Gasteiger partial charge in [0.2, 0.25) is 5.91 Å². The van der Waals surface area contributed by atoms with Crippen molar-refractivity contribution in [2.45, 2.75) is 37.5 Å². The number of esters is 1. The van der Waals surface area contributed by atoms with Gasteiger partial charge in [-0.2, -0.15) is 0 Å². The standard InChI is InChI=1S/C27H30N2O6/c1-3-13-28(19-10-9-17-7-5-6-8-18(17)16-19)25(32)23-27-12-11-20(35-27)21(26(33)34-4-2)22(27)24(31)29(23)14-15-30/h3,5-10,16,20-23,30H,1,4,11-15H2,2H3/t20-,21+,22+,23?,27?/m1/s1. The van der Waals surface area contributed by atoms with E-state index in [4.69, 9.17) is 9.47 Å². The molecule has 3 heterocycles. The molecular weight excluding hydrogens is 448 g/mol. The molecule has 184 valence electrons.